The first-order valence-corrected chi connectivity index (χ1v) is 8.53. The number of aliphatic hydroxyl groups excluding tert-OH is 1. The molecule has 1 N–H and O–H groups in total. The van der Waals surface area contributed by atoms with Crippen molar-refractivity contribution in [3.63, 3.8) is 0 Å². The third-order valence-corrected chi connectivity index (χ3v) is 4.55. The minimum atomic E-state index is -0.777. The van der Waals surface area contributed by atoms with Gasteiger partial charge in [0.15, 0.2) is 0 Å². The first kappa shape index (κ1) is 15.9. The average Bonchev–Trinajstić information content (AvgIpc) is 3.02. The van der Waals surface area contributed by atoms with Gasteiger partial charge in [0, 0.05) is 11.6 Å². The van der Waals surface area contributed by atoms with E-state index in [2.05, 4.69) is 9.55 Å². The molecule has 0 fully saturated rings. The quantitative estimate of drug-likeness (QED) is 0.574. The Kier molecular flexibility index (Phi) is 4.26. The highest BCUT2D eigenvalue weighted by Crippen LogP contribution is 2.26. The van der Waals surface area contributed by atoms with E-state index in [1.165, 1.54) is 0 Å². The summed E-state index contributed by atoms with van der Waals surface area (Å²) in [5.41, 5.74) is 3.81. The molecule has 25 heavy (non-hydrogen) atoms. The number of rotatable bonds is 4. The molecule has 3 nitrogen and oxygen atoms in total. The molecule has 0 bridgehead atoms. The third kappa shape index (κ3) is 3.16. The van der Waals surface area contributed by atoms with Gasteiger partial charge in [0.25, 0.3) is 0 Å². The Balaban J connectivity index is 1.82. The van der Waals surface area contributed by atoms with Crippen molar-refractivity contribution in [2.24, 2.45) is 0 Å². The summed E-state index contributed by atoms with van der Waals surface area (Å²) in [5.74, 6) is 0.641. The van der Waals surface area contributed by atoms with E-state index in [0.29, 0.717) is 17.4 Å². The molecule has 4 rings (SSSR count). The van der Waals surface area contributed by atoms with Gasteiger partial charge >= 0.3 is 0 Å². The second kappa shape index (κ2) is 6.71. The van der Waals surface area contributed by atoms with E-state index in [1.54, 1.807) is 0 Å². The molecule has 1 heterocycles. The fourth-order valence-electron chi connectivity index (χ4n) is 3.03. The van der Waals surface area contributed by atoms with E-state index in [0.717, 1.165) is 22.2 Å². The van der Waals surface area contributed by atoms with E-state index in [1.807, 2.05) is 78.9 Å². The molecule has 0 spiro atoms. The van der Waals surface area contributed by atoms with Crippen LogP contribution in [0.15, 0.2) is 78.9 Å². The summed E-state index contributed by atoms with van der Waals surface area (Å²) in [6.45, 7) is 0.622. The van der Waals surface area contributed by atoms with Crippen LogP contribution in [0.5, 0.6) is 0 Å². The lowest BCUT2D eigenvalue weighted by atomic mass is 10.1. The largest absolute Gasteiger partial charge is 0.380 e. The van der Waals surface area contributed by atoms with Crippen molar-refractivity contribution in [2.75, 3.05) is 0 Å². The Morgan fingerprint density at radius 2 is 1.56 bits per heavy atom. The Bertz CT molecular complexity index is 994. The smallest absolute Gasteiger partial charge is 0.143 e. The molecule has 4 aromatic rings. The number of imidazole rings is 1. The molecule has 1 atom stereocenters. The second-order valence-electron chi connectivity index (χ2n) is 5.98. The number of hydrogen-bond acceptors (Lipinski definition) is 2. The molecule has 0 saturated carbocycles. The van der Waals surface area contributed by atoms with Gasteiger partial charge in [-0.25, -0.2) is 4.98 Å². The zero-order chi connectivity index (χ0) is 17.2. The average molecular weight is 349 g/mol. The van der Waals surface area contributed by atoms with Crippen LogP contribution >= 0.6 is 11.6 Å². The maximum absolute atomic E-state index is 10.9. The standard InChI is InChI=1S/C21H17ClN2O/c22-17-12-10-15(11-13-17)14-24-19-9-5-4-8-18(19)23-21(24)20(25)16-6-2-1-3-7-16/h1-13,20,25H,14H2/t20-/m0/s1. The second-order valence-corrected chi connectivity index (χ2v) is 6.42. The van der Waals surface area contributed by atoms with E-state index >= 15 is 0 Å². The summed E-state index contributed by atoms with van der Waals surface area (Å²) in [5, 5.41) is 11.6. The fraction of sp³-hybridized carbons (Fsp3) is 0.0952. The molecule has 3 aromatic carbocycles. The molecule has 0 aliphatic rings. The van der Waals surface area contributed by atoms with Gasteiger partial charge in [-0.05, 0) is 35.4 Å². The summed E-state index contributed by atoms with van der Waals surface area (Å²) in [6.07, 6.45) is -0.777. The molecule has 0 amide bonds. The van der Waals surface area contributed by atoms with Gasteiger partial charge < -0.3 is 9.67 Å². The number of fused-ring (bicyclic) bond motifs is 1. The predicted molar refractivity (Wildman–Crippen MR) is 101 cm³/mol. The lowest BCUT2D eigenvalue weighted by molar-refractivity contribution is 0.206. The number of halogens is 1. The maximum Gasteiger partial charge on any atom is 0.143 e. The molecular formula is C21H17ClN2O. The monoisotopic (exact) mass is 348 g/mol. The van der Waals surface area contributed by atoms with E-state index in [-0.39, 0.29) is 0 Å². The molecule has 124 valence electrons. The topological polar surface area (TPSA) is 38.1 Å². The number of nitrogens with zero attached hydrogens (tertiary/aromatic N) is 2. The SMILES string of the molecule is O[C@@H](c1ccccc1)c1nc2ccccc2n1Cc1ccc(Cl)cc1. The molecule has 1 aromatic heterocycles. The molecule has 0 radical (unpaired) electrons. The molecule has 0 aliphatic carbocycles. The van der Waals surface area contributed by atoms with E-state index < -0.39 is 6.10 Å². The number of para-hydroxylation sites is 2. The summed E-state index contributed by atoms with van der Waals surface area (Å²) in [6, 6.07) is 25.3. The highest BCUT2D eigenvalue weighted by Gasteiger charge is 2.19. The minimum Gasteiger partial charge on any atom is -0.380 e. The van der Waals surface area contributed by atoms with E-state index in [4.69, 9.17) is 11.6 Å². The summed E-state index contributed by atoms with van der Waals surface area (Å²) in [4.78, 5) is 4.69. The zero-order valence-corrected chi connectivity index (χ0v) is 14.3. The Labute approximate surface area is 151 Å². The Morgan fingerprint density at radius 1 is 0.880 bits per heavy atom. The van der Waals surface area contributed by atoms with Gasteiger partial charge in [-0.3, -0.25) is 0 Å². The Hall–Kier alpha value is -2.62. The van der Waals surface area contributed by atoms with Gasteiger partial charge in [0.1, 0.15) is 11.9 Å². The number of aromatic nitrogens is 2. The van der Waals surface area contributed by atoms with Crippen LogP contribution in [0.1, 0.15) is 23.1 Å². The van der Waals surface area contributed by atoms with Crippen LogP contribution in [0.2, 0.25) is 5.02 Å². The van der Waals surface area contributed by atoms with Gasteiger partial charge in [0.2, 0.25) is 0 Å². The predicted octanol–water partition coefficient (Wildman–Crippen LogP) is 4.82. The fourth-order valence-corrected chi connectivity index (χ4v) is 3.15. The normalized spacial score (nSPS) is 12.4. The van der Waals surface area contributed by atoms with Crippen LogP contribution in [0.25, 0.3) is 11.0 Å². The lowest BCUT2D eigenvalue weighted by Gasteiger charge is -2.14. The molecular weight excluding hydrogens is 332 g/mol. The van der Waals surface area contributed by atoms with Crippen molar-refractivity contribution in [1.29, 1.82) is 0 Å². The van der Waals surface area contributed by atoms with Gasteiger partial charge in [-0.1, -0.05) is 66.2 Å². The first-order valence-electron chi connectivity index (χ1n) is 8.15. The van der Waals surface area contributed by atoms with Crippen molar-refractivity contribution in [3.8, 4) is 0 Å². The summed E-state index contributed by atoms with van der Waals surface area (Å²) < 4.78 is 2.07. The molecule has 0 saturated heterocycles. The van der Waals surface area contributed by atoms with Crippen molar-refractivity contribution in [2.45, 2.75) is 12.6 Å². The van der Waals surface area contributed by atoms with Crippen LogP contribution < -0.4 is 0 Å². The van der Waals surface area contributed by atoms with Gasteiger partial charge in [-0.2, -0.15) is 0 Å². The third-order valence-electron chi connectivity index (χ3n) is 4.30. The van der Waals surface area contributed by atoms with Crippen LogP contribution in [0, 0.1) is 0 Å². The van der Waals surface area contributed by atoms with Crippen LogP contribution in [-0.2, 0) is 6.54 Å². The van der Waals surface area contributed by atoms with Gasteiger partial charge in [0.05, 0.1) is 11.0 Å². The van der Waals surface area contributed by atoms with Crippen LogP contribution in [0.4, 0.5) is 0 Å². The number of benzene rings is 3. The van der Waals surface area contributed by atoms with Crippen LogP contribution in [0.3, 0.4) is 0 Å². The number of aliphatic hydroxyl groups is 1. The minimum absolute atomic E-state index is 0.622. The zero-order valence-electron chi connectivity index (χ0n) is 13.5. The van der Waals surface area contributed by atoms with Crippen LogP contribution in [-0.4, -0.2) is 14.7 Å². The number of hydrogen-bond donors (Lipinski definition) is 1. The lowest BCUT2D eigenvalue weighted by Crippen LogP contribution is -2.11. The van der Waals surface area contributed by atoms with Crippen molar-refractivity contribution in [3.05, 3.63) is 101 Å². The maximum atomic E-state index is 10.9. The van der Waals surface area contributed by atoms with Crippen molar-refractivity contribution >= 4 is 22.6 Å². The summed E-state index contributed by atoms with van der Waals surface area (Å²) in [7, 11) is 0. The highest BCUT2D eigenvalue weighted by molar-refractivity contribution is 6.30. The van der Waals surface area contributed by atoms with Crippen molar-refractivity contribution < 1.29 is 5.11 Å². The van der Waals surface area contributed by atoms with Crippen molar-refractivity contribution in [1.82, 2.24) is 9.55 Å². The summed E-state index contributed by atoms with van der Waals surface area (Å²) >= 11 is 5.99. The first-order chi connectivity index (χ1) is 12.2. The van der Waals surface area contributed by atoms with Gasteiger partial charge in [-0.15, -0.1) is 0 Å². The molecule has 4 heteroatoms. The Morgan fingerprint density at radius 3 is 2.32 bits per heavy atom. The highest BCUT2D eigenvalue weighted by atomic mass is 35.5. The van der Waals surface area contributed by atoms with E-state index in [9.17, 15) is 5.11 Å². The molecule has 0 aliphatic heterocycles. The molecule has 0 unspecified atom stereocenters.